The van der Waals surface area contributed by atoms with Crippen LogP contribution >= 0.6 is 11.6 Å². The van der Waals surface area contributed by atoms with Crippen LogP contribution < -0.4 is 5.32 Å². The van der Waals surface area contributed by atoms with E-state index in [4.69, 9.17) is 16.7 Å². The third-order valence-electron chi connectivity index (χ3n) is 2.45. The summed E-state index contributed by atoms with van der Waals surface area (Å²) in [5.41, 5.74) is 0.227. The molecule has 2 amide bonds. The summed E-state index contributed by atoms with van der Waals surface area (Å²) < 4.78 is 36.5. The molecule has 0 aliphatic carbocycles. The Balaban J connectivity index is 2.64. The number of aliphatic hydroxyl groups excluding tert-OH is 1. The average molecular weight is 325 g/mol. The molecule has 0 aliphatic heterocycles. The lowest BCUT2D eigenvalue weighted by Crippen LogP contribution is -2.45. The monoisotopic (exact) mass is 324 g/mol. The highest BCUT2D eigenvalue weighted by Gasteiger charge is 2.39. The van der Waals surface area contributed by atoms with Crippen molar-refractivity contribution < 1.29 is 27.9 Å². The van der Waals surface area contributed by atoms with Crippen LogP contribution in [0, 0.1) is 0 Å². The van der Waals surface area contributed by atoms with Gasteiger partial charge in [-0.1, -0.05) is 17.7 Å². The quantitative estimate of drug-likeness (QED) is 0.831. The first-order valence-electron chi connectivity index (χ1n) is 5.68. The summed E-state index contributed by atoms with van der Waals surface area (Å²) in [6, 6.07) is 5.91. The molecule has 9 heteroatoms. The van der Waals surface area contributed by atoms with E-state index in [1.165, 1.54) is 18.2 Å². The van der Waals surface area contributed by atoms with Gasteiger partial charge in [0, 0.05) is 17.8 Å². The molecule has 5 nitrogen and oxygen atoms in total. The second-order valence-corrected chi connectivity index (χ2v) is 4.64. The van der Waals surface area contributed by atoms with Crippen LogP contribution in [0.1, 0.15) is 0 Å². The molecule has 0 fully saturated rings. The number of nitrogens with one attached hydrogen (secondary N) is 1. The number of likely N-dealkylation sites (N-methyl/N-ethyl adjacent to an activating group) is 1. The van der Waals surface area contributed by atoms with Gasteiger partial charge in [0.1, 0.15) is 0 Å². The van der Waals surface area contributed by atoms with Crippen LogP contribution in [0.5, 0.6) is 0 Å². The molecular weight excluding hydrogens is 313 g/mol. The van der Waals surface area contributed by atoms with E-state index < -0.39 is 30.6 Å². The minimum absolute atomic E-state index is 0.227. The molecule has 2 N–H and O–H groups in total. The molecule has 0 aliphatic rings. The fraction of sp³-hybridized carbons (Fsp3) is 0.333. The Morgan fingerprint density at radius 1 is 1.43 bits per heavy atom. The number of hydrogen-bond donors (Lipinski definition) is 2. The minimum atomic E-state index is -4.86. The topological polar surface area (TPSA) is 69.6 Å². The van der Waals surface area contributed by atoms with Crippen LogP contribution in [0.25, 0.3) is 0 Å². The highest BCUT2D eigenvalue weighted by Crippen LogP contribution is 2.20. The smallest absolute Gasteiger partial charge is 0.382 e. The zero-order valence-electron chi connectivity index (χ0n) is 10.8. The van der Waals surface area contributed by atoms with Crippen molar-refractivity contribution in [3.8, 4) is 0 Å². The van der Waals surface area contributed by atoms with Crippen molar-refractivity contribution in [1.82, 2.24) is 4.90 Å². The first kappa shape index (κ1) is 17.3. The van der Waals surface area contributed by atoms with Gasteiger partial charge in [0.15, 0.2) is 6.10 Å². The number of rotatable bonds is 3. The van der Waals surface area contributed by atoms with E-state index in [9.17, 15) is 22.8 Å². The zero-order chi connectivity index (χ0) is 16.2. The number of halogens is 4. The summed E-state index contributed by atoms with van der Waals surface area (Å²) in [4.78, 5) is 23.7. The highest BCUT2D eigenvalue weighted by molar-refractivity contribution is 6.39. The molecule has 0 heterocycles. The number of carbonyl (C=O) groups is 2. The fourth-order valence-electron chi connectivity index (χ4n) is 1.37. The maximum atomic E-state index is 12.2. The molecular formula is C12H12ClF3N2O3. The summed E-state index contributed by atoms with van der Waals surface area (Å²) in [6.45, 7) is -1.04. The highest BCUT2D eigenvalue weighted by atomic mass is 35.5. The molecule has 21 heavy (non-hydrogen) atoms. The fourth-order valence-corrected chi connectivity index (χ4v) is 1.56. The van der Waals surface area contributed by atoms with Crippen LogP contribution in [0.15, 0.2) is 24.3 Å². The maximum absolute atomic E-state index is 12.2. The predicted molar refractivity (Wildman–Crippen MR) is 69.8 cm³/mol. The Morgan fingerprint density at radius 2 is 2.05 bits per heavy atom. The molecule has 0 bridgehead atoms. The zero-order valence-corrected chi connectivity index (χ0v) is 11.6. The summed E-state index contributed by atoms with van der Waals surface area (Å²) in [7, 11) is 0.981. The maximum Gasteiger partial charge on any atom is 0.416 e. The van der Waals surface area contributed by atoms with E-state index >= 15 is 0 Å². The number of carbonyl (C=O) groups excluding carboxylic acids is 2. The van der Waals surface area contributed by atoms with Gasteiger partial charge < -0.3 is 15.3 Å². The first-order chi connectivity index (χ1) is 9.61. The third-order valence-corrected chi connectivity index (χ3v) is 2.68. The van der Waals surface area contributed by atoms with Crippen molar-refractivity contribution in [2.75, 3.05) is 18.9 Å². The number of aliphatic hydroxyl groups is 1. The molecule has 1 unspecified atom stereocenters. The Bertz CT molecular complexity index is 537. The van der Waals surface area contributed by atoms with Crippen molar-refractivity contribution in [3.63, 3.8) is 0 Å². The first-order valence-corrected chi connectivity index (χ1v) is 6.06. The van der Waals surface area contributed by atoms with E-state index in [-0.39, 0.29) is 5.69 Å². The van der Waals surface area contributed by atoms with Crippen molar-refractivity contribution >= 4 is 29.1 Å². The Kier molecular flexibility index (Phi) is 5.56. The lowest BCUT2D eigenvalue weighted by Gasteiger charge is -2.21. The molecule has 1 aromatic rings. The van der Waals surface area contributed by atoms with Crippen molar-refractivity contribution in [2.24, 2.45) is 0 Å². The van der Waals surface area contributed by atoms with Gasteiger partial charge in [-0.15, -0.1) is 0 Å². The Labute approximate surface area is 123 Å². The van der Waals surface area contributed by atoms with Crippen molar-refractivity contribution in [3.05, 3.63) is 29.3 Å². The van der Waals surface area contributed by atoms with Crippen LogP contribution in [-0.2, 0) is 9.59 Å². The van der Waals surface area contributed by atoms with Gasteiger partial charge in [-0.25, -0.2) is 0 Å². The predicted octanol–water partition coefficient (Wildman–Crippen LogP) is 1.66. The molecule has 0 radical (unpaired) electrons. The number of alkyl halides is 3. The Hall–Kier alpha value is -1.80. The number of hydrogen-bond acceptors (Lipinski definition) is 3. The van der Waals surface area contributed by atoms with Gasteiger partial charge in [-0.05, 0) is 18.2 Å². The van der Waals surface area contributed by atoms with Crippen molar-refractivity contribution in [2.45, 2.75) is 12.3 Å². The molecule has 0 saturated carbocycles. The van der Waals surface area contributed by atoms with Crippen LogP contribution in [0.2, 0.25) is 5.02 Å². The van der Waals surface area contributed by atoms with Crippen LogP contribution in [0.4, 0.5) is 18.9 Å². The summed E-state index contributed by atoms with van der Waals surface area (Å²) in [5, 5.41) is 11.4. The lowest BCUT2D eigenvalue weighted by atomic mass is 10.3. The molecule has 0 saturated heterocycles. The number of benzene rings is 1. The van der Waals surface area contributed by atoms with E-state index in [1.54, 1.807) is 6.07 Å². The molecule has 0 aromatic heterocycles. The summed E-state index contributed by atoms with van der Waals surface area (Å²) >= 11 is 5.68. The minimum Gasteiger partial charge on any atom is -0.382 e. The summed E-state index contributed by atoms with van der Waals surface area (Å²) in [5.74, 6) is -2.34. The summed E-state index contributed by atoms with van der Waals surface area (Å²) in [6.07, 6.45) is -7.58. The molecule has 1 rings (SSSR count). The SMILES string of the molecule is CN(CC(O)C(F)(F)F)C(=O)C(=O)Nc1cccc(Cl)c1. The van der Waals surface area contributed by atoms with E-state index in [0.29, 0.717) is 9.92 Å². The van der Waals surface area contributed by atoms with Crippen LogP contribution in [-0.4, -0.2) is 47.7 Å². The molecule has 1 atom stereocenters. The number of anilines is 1. The van der Waals surface area contributed by atoms with Gasteiger partial charge in [0.05, 0.1) is 6.54 Å². The van der Waals surface area contributed by atoms with Gasteiger partial charge in [-0.2, -0.15) is 13.2 Å². The van der Waals surface area contributed by atoms with Gasteiger partial charge in [-0.3, -0.25) is 9.59 Å². The van der Waals surface area contributed by atoms with Gasteiger partial charge >= 0.3 is 18.0 Å². The van der Waals surface area contributed by atoms with Gasteiger partial charge in [0.25, 0.3) is 0 Å². The molecule has 1 aromatic carbocycles. The third kappa shape index (κ3) is 5.24. The van der Waals surface area contributed by atoms with E-state index in [2.05, 4.69) is 5.32 Å². The normalized spacial score (nSPS) is 12.7. The largest absolute Gasteiger partial charge is 0.416 e. The lowest BCUT2D eigenvalue weighted by molar-refractivity contribution is -0.207. The second kappa shape index (κ2) is 6.77. The van der Waals surface area contributed by atoms with E-state index in [1.807, 2.05) is 0 Å². The second-order valence-electron chi connectivity index (χ2n) is 4.21. The van der Waals surface area contributed by atoms with Crippen molar-refractivity contribution in [1.29, 1.82) is 0 Å². The molecule has 116 valence electrons. The van der Waals surface area contributed by atoms with Crippen LogP contribution in [0.3, 0.4) is 0 Å². The standard InChI is InChI=1S/C12H12ClF3N2O3/c1-18(6-9(19)12(14,15)16)11(21)10(20)17-8-4-2-3-7(13)5-8/h2-5,9,19H,6H2,1H3,(H,17,20). The Morgan fingerprint density at radius 3 is 2.57 bits per heavy atom. The average Bonchev–Trinajstić information content (AvgIpc) is 2.36. The number of nitrogens with zero attached hydrogens (tertiary/aromatic N) is 1. The van der Waals surface area contributed by atoms with E-state index in [0.717, 1.165) is 7.05 Å². The van der Waals surface area contributed by atoms with Gasteiger partial charge in [0.2, 0.25) is 0 Å². The molecule has 0 spiro atoms. The number of amides is 2.